The van der Waals surface area contributed by atoms with E-state index >= 15 is 0 Å². The Bertz CT molecular complexity index is 59.1. The van der Waals surface area contributed by atoms with Crippen LogP contribution in [-0.2, 0) is 0 Å². The number of hydrogen-bond donors (Lipinski definition) is 0. The first-order valence-electron chi connectivity index (χ1n) is 2.16. The van der Waals surface area contributed by atoms with Crippen LogP contribution in [0, 0.1) is 0 Å². The van der Waals surface area contributed by atoms with Gasteiger partial charge < -0.3 is 0 Å². The molecule has 42 valence electrons. The molecule has 0 fully saturated rings. The largest absolute Gasteiger partial charge is 0.0897 e. The number of hydrogen-bond acceptors (Lipinski definition) is 0. The zero-order valence-corrected chi connectivity index (χ0v) is 8.40. The summed E-state index contributed by atoms with van der Waals surface area (Å²) < 4.78 is 2.52. The van der Waals surface area contributed by atoms with Crippen LogP contribution in [0.25, 0.3) is 0 Å². The molecule has 0 saturated carbocycles. The lowest BCUT2D eigenvalue weighted by Crippen LogP contribution is -1.71. The quantitative estimate of drug-likeness (QED) is 0.553. The van der Waals surface area contributed by atoms with Crippen molar-refractivity contribution in [1.82, 2.24) is 0 Å². The van der Waals surface area contributed by atoms with Gasteiger partial charge in [-0.15, -0.1) is 0 Å². The predicted octanol–water partition coefficient (Wildman–Crippen LogP) is 3.15. The van der Waals surface area contributed by atoms with Crippen LogP contribution in [0.1, 0.15) is 12.8 Å². The van der Waals surface area contributed by atoms with Crippen molar-refractivity contribution in [2.24, 2.45) is 0 Å². The summed E-state index contributed by atoms with van der Waals surface area (Å²) in [7, 11) is 0. The fraction of sp³-hybridized carbons (Fsp3) is 0.600. The molecule has 0 amide bonds. The maximum Gasteiger partial charge on any atom is -0.000141 e. The van der Waals surface area contributed by atoms with Gasteiger partial charge in [0.1, 0.15) is 0 Å². The van der Waals surface area contributed by atoms with Gasteiger partial charge in [0.15, 0.2) is 0 Å². The third-order valence-electron chi connectivity index (χ3n) is 0.582. The number of alkyl halides is 1. The minimum atomic E-state index is 1.18. The second-order valence-electron chi connectivity index (χ2n) is 1.31. The van der Waals surface area contributed by atoms with E-state index in [4.69, 9.17) is 0 Å². The molecule has 0 unspecified atom stereocenters. The summed E-state index contributed by atoms with van der Waals surface area (Å²) in [6, 6.07) is 0. The monoisotopic (exact) mass is 322 g/mol. The Kier molecular flexibility index (Phi) is 6.25. The van der Waals surface area contributed by atoms with Gasteiger partial charge in [0, 0.05) is 0 Å². The first-order valence-corrected chi connectivity index (χ1v) is 4.77. The topological polar surface area (TPSA) is 0 Å². The van der Waals surface area contributed by atoms with E-state index in [0.29, 0.717) is 0 Å². The zero-order chi connectivity index (χ0) is 5.70. The van der Waals surface area contributed by atoms with Crippen LogP contribution in [-0.4, -0.2) is 4.43 Å². The van der Waals surface area contributed by atoms with E-state index < -0.39 is 0 Å². The third kappa shape index (κ3) is 7.20. The Morgan fingerprint density at radius 3 is 2.29 bits per heavy atom. The van der Waals surface area contributed by atoms with E-state index in [1.54, 1.807) is 0 Å². The molecule has 0 aromatic heterocycles. The Labute approximate surface area is 72.0 Å². The molecule has 0 aliphatic heterocycles. The highest BCUT2D eigenvalue weighted by atomic mass is 127. The highest BCUT2D eigenvalue weighted by Crippen LogP contribution is 2.10. The summed E-state index contributed by atoms with van der Waals surface area (Å²) in [5.41, 5.74) is 0. The van der Waals surface area contributed by atoms with Crippen molar-refractivity contribution in [2.45, 2.75) is 12.8 Å². The normalized spacial score (nSPS) is 8.86. The van der Waals surface area contributed by atoms with Crippen LogP contribution in [0.3, 0.4) is 0 Å². The number of halogens is 2. The average molecular weight is 322 g/mol. The third-order valence-corrected chi connectivity index (χ3v) is 1.88. The Hall–Kier alpha value is 1.20. The second-order valence-corrected chi connectivity index (χ2v) is 3.91. The molecule has 0 spiro atoms. The van der Waals surface area contributed by atoms with Crippen LogP contribution in [0.2, 0.25) is 0 Å². The van der Waals surface area contributed by atoms with Crippen LogP contribution < -0.4 is 0 Å². The maximum atomic E-state index is 3.78. The number of rotatable bonds is 3. The lowest BCUT2D eigenvalue weighted by atomic mass is 10.3. The molecule has 0 nitrogen and oxygen atoms in total. The molecule has 0 aromatic rings. The van der Waals surface area contributed by atoms with Crippen LogP contribution >= 0.6 is 45.2 Å². The molecule has 0 aliphatic rings. The van der Waals surface area contributed by atoms with Gasteiger partial charge in [0.25, 0.3) is 0 Å². The van der Waals surface area contributed by atoms with Crippen LogP contribution in [0.4, 0.5) is 0 Å². The first-order chi connectivity index (χ1) is 3.27. The first kappa shape index (κ1) is 8.20. The summed E-state index contributed by atoms with van der Waals surface area (Å²) in [5, 5.41) is 0. The molecular formula is C5H8I2. The van der Waals surface area contributed by atoms with Crippen molar-refractivity contribution >= 4 is 45.2 Å². The van der Waals surface area contributed by atoms with E-state index in [2.05, 4.69) is 51.8 Å². The fourth-order valence-corrected chi connectivity index (χ4v) is 1.02. The Balaban J connectivity index is 2.82. The van der Waals surface area contributed by atoms with E-state index in [1.807, 2.05) is 0 Å². The molecule has 0 aliphatic carbocycles. The SMILES string of the molecule is C=C(I)CCCI. The fourth-order valence-electron chi connectivity index (χ4n) is 0.259. The van der Waals surface area contributed by atoms with Crippen molar-refractivity contribution in [3.63, 3.8) is 0 Å². The van der Waals surface area contributed by atoms with Gasteiger partial charge in [-0.25, -0.2) is 0 Å². The lowest BCUT2D eigenvalue weighted by molar-refractivity contribution is 0.984. The van der Waals surface area contributed by atoms with E-state index in [0.717, 1.165) is 0 Å². The summed E-state index contributed by atoms with van der Waals surface area (Å²) in [5.74, 6) is 0. The molecule has 0 bridgehead atoms. The summed E-state index contributed by atoms with van der Waals surface area (Å²) >= 11 is 4.64. The summed E-state index contributed by atoms with van der Waals surface area (Å²) in [6.07, 6.45) is 2.46. The van der Waals surface area contributed by atoms with Crippen molar-refractivity contribution in [3.05, 3.63) is 10.2 Å². The van der Waals surface area contributed by atoms with Crippen molar-refractivity contribution < 1.29 is 0 Å². The highest BCUT2D eigenvalue weighted by molar-refractivity contribution is 14.1. The van der Waals surface area contributed by atoms with Gasteiger partial charge in [-0.3, -0.25) is 0 Å². The zero-order valence-electron chi connectivity index (χ0n) is 4.08. The van der Waals surface area contributed by atoms with Crippen LogP contribution in [0.5, 0.6) is 0 Å². The second kappa shape index (κ2) is 5.34. The van der Waals surface area contributed by atoms with Crippen LogP contribution in [0.15, 0.2) is 10.2 Å². The van der Waals surface area contributed by atoms with Crippen molar-refractivity contribution in [3.8, 4) is 0 Å². The average Bonchev–Trinajstić information content (AvgIpc) is 1.61. The lowest BCUT2D eigenvalue weighted by Gasteiger charge is -1.89. The van der Waals surface area contributed by atoms with Gasteiger partial charge in [0.05, 0.1) is 0 Å². The van der Waals surface area contributed by atoms with Gasteiger partial charge in [-0.1, -0.05) is 29.2 Å². The van der Waals surface area contributed by atoms with Crippen molar-refractivity contribution in [1.29, 1.82) is 0 Å². The van der Waals surface area contributed by atoms with E-state index in [9.17, 15) is 0 Å². The van der Waals surface area contributed by atoms with Gasteiger partial charge in [-0.2, -0.15) is 0 Å². The van der Waals surface area contributed by atoms with Gasteiger partial charge in [0.2, 0.25) is 0 Å². The Morgan fingerprint density at radius 2 is 2.14 bits per heavy atom. The highest BCUT2D eigenvalue weighted by Gasteiger charge is 1.83. The molecule has 0 heterocycles. The maximum absolute atomic E-state index is 3.78. The molecule has 0 aromatic carbocycles. The minimum absolute atomic E-state index is 1.18. The van der Waals surface area contributed by atoms with E-state index in [-0.39, 0.29) is 0 Å². The van der Waals surface area contributed by atoms with E-state index in [1.165, 1.54) is 20.8 Å². The standard InChI is InChI=1S/C5H8I2/c1-5(7)3-2-4-6/h1-4H2. The van der Waals surface area contributed by atoms with Gasteiger partial charge >= 0.3 is 0 Å². The summed E-state index contributed by atoms with van der Waals surface area (Å²) in [6.45, 7) is 3.78. The molecule has 0 rings (SSSR count). The molecule has 2 heteroatoms. The molecular weight excluding hydrogens is 314 g/mol. The minimum Gasteiger partial charge on any atom is -0.0897 e. The molecule has 0 atom stereocenters. The van der Waals surface area contributed by atoms with Crippen molar-refractivity contribution in [2.75, 3.05) is 4.43 Å². The molecule has 0 saturated heterocycles. The molecule has 0 N–H and O–H groups in total. The molecule has 7 heavy (non-hydrogen) atoms. The molecule has 0 radical (unpaired) electrons. The van der Waals surface area contributed by atoms with Gasteiger partial charge in [-0.05, 0) is 43.4 Å². The smallest absolute Gasteiger partial charge is 0.000141 e. The Morgan fingerprint density at radius 1 is 1.57 bits per heavy atom. The predicted molar refractivity (Wildman–Crippen MR) is 51.3 cm³/mol. The number of allylic oxidation sites excluding steroid dienone is 1. The summed E-state index contributed by atoms with van der Waals surface area (Å²) in [4.78, 5) is 0.